The second-order valence-electron chi connectivity index (χ2n) is 8.13. The number of hydrogen-bond acceptors (Lipinski definition) is 0. The molecule has 0 fully saturated rings. The molecule has 0 saturated heterocycles. The summed E-state index contributed by atoms with van der Waals surface area (Å²) < 4.78 is 0. The van der Waals surface area contributed by atoms with E-state index in [0.29, 0.717) is 10.8 Å². The van der Waals surface area contributed by atoms with Crippen LogP contribution in [-0.4, -0.2) is 0 Å². The third kappa shape index (κ3) is 1.46. The van der Waals surface area contributed by atoms with Crippen molar-refractivity contribution in [3.63, 3.8) is 0 Å². The molecule has 4 bridgehead atoms. The fourth-order valence-corrected chi connectivity index (χ4v) is 4.88. The molecule has 4 aliphatic carbocycles. The molecule has 21 heavy (non-hydrogen) atoms. The summed E-state index contributed by atoms with van der Waals surface area (Å²) in [6, 6.07) is 9.42. The number of benzene rings is 2. The Morgan fingerprint density at radius 3 is 1.90 bits per heavy atom. The van der Waals surface area contributed by atoms with Crippen molar-refractivity contribution in [2.75, 3.05) is 0 Å². The summed E-state index contributed by atoms with van der Waals surface area (Å²) in [4.78, 5) is 0. The van der Waals surface area contributed by atoms with E-state index >= 15 is 0 Å². The second-order valence-corrected chi connectivity index (χ2v) is 8.13. The summed E-state index contributed by atoms with van der Waals surface area (Å²) in [5, 5.41) is 0. The zero-order chi connectivity index (χ0) is 15.2. The van der Waals surface area contributed by atoms with Gasteiger partial charge in [0.15, 0.2) is 0 Å². The largest absolute Gasteiger partial charge is 0.0564 e. The van der Waals surface area contributed by atoms with Crippen molar-refractivity contribution in [2.45, 2.75) is 58.8 Å². The highest BCUT2D eigenvalue weighted by Gasteiger charge is 2.56. The van der Waals surface area contributed by atoms with Gasteiger partial charge in [0.25, 0.3) is 0 Å². The van der Waals surface area contributed by atoms with E-state index in [1.165, 1.54) is 16.7 Å². The summed E-state index contributed by atoms with van der Waals surface area (Å²) in [7, 11) is 0. The third-order valence-electron chi connectivity index (χ3n) is 5.63. The molecule has 2 aromatic rings. The van der Waals surface area contributed by atoms with Gasteiger partial charge < -0.3 is 0 Å². The summed E-state index contributed by atoms with van der Waals surface area (Å²) >= 11 is 0. The van der Waals surface area contributed by atoms with E-state index in [1.807, 2.05) is 0 Å². The third-order valence-corrected chi connectivity index (χ3v) is 5.63. The van der Waals surface area contributed by atoms with E-state index in [1.54, 1.807) is 27.8 Å². The quantitative estimate of drug-likeness (QED) is 0.709. The van der Waals surface area contributed by atoms with Crippen molar-refractivity contribution in [1.29, 1.82) is 0 Å². The first-order chi connectivity index (χ1) is 9.73. The van der Waals surface area contributed by atoms with Crippen LogP contribution >= 0.6 is 0 Å². The first kappa shape index (κ1) is 13.1. The van der Waals surface area contributed by atoms with Crippen LogP contribution < -0.4 is 0 Å². The normalized spacial score (nSPS) is 19.0. The standard InChI is InChI=1S/C21H24/c1-12-7-13(2)9-14(8-12)10-15-11-16-18-19(20(16,3)4)17(15)21(18,5)6/h7-9,11H,10H2,1-6H3. The monoisotopic (exact) mass is 276 g/mol. The highest BCUT2D eigenvalue weighted by atomic mass is 14.6. The highest BCUT2D eigenvalue weighted by Crippen LogP contribution is 2.65. The average molecular weight is 276 g/mol. The molecule has 0 unspecified atom stereocenters. The summed E-state index contributed by atoms with van der Waals surface area (Å²) in [5.41, 5.74) is 12.9. The Balaban J connectivity index is 1.79. The van der Waals surface area contributed by atoms with Crippen LogP contribution in [0.5, 0.6) is 0 Å². The summed E-state index contributed by atoms with van der Waals surface area (Å²) in [6.07, 6.45) is 1.08. The first-order valence-corrected chi connectivity index (χ1v) is 8.02. The van der Waals surface area contributed by atoms with E-state index < -0.39 is 0 Å². The van der Waals surface area contributed by atoms with Crippen LogP contribution in [0.1, 0.15) is 72.2 Å². The second kappa shape index (κ2) is 3.61. The van der Waals surface area contributed by atoms with Crippen molar-refractivity contribution < 1.29 is 0 Å². The van der Waals surface area contributed by atoms with Gasteiger partial charge in [-0.05, 0) is 53.6 Å². The molecule has 0 nitrogen and oxygen atoms in total. The SMILES string of the molecule is Cc1cc(C)cc(Cc2cc3c4c(c2C4(C)C)C3(C)C)c1. The minimum atomic E-state index is 0.295. The van der Waals surface area contributed by atoms with Crippen LogP contribution in [0.15, 0.2) is 24.3 Å². The fourth-order valence-electron chi connectivity index (χ4n) is 4.88. The number of hydrogen-bond donors (Lipinski definition) is 0. The molecule has 4 aliphatic rings. The van der Waals surface area contributed by atoms with Crippen LogP contribution in [-0.2, 0) is 17.3 Å². The zero-order valence-electron chi connectivity index (χ0n) is 14.0. The van der Waals surface area contributed by atoms with Crippen LogP contribution in [0.3, 0.4) is 0 Å². The number of rotatable bonds is 2. The van der Waals surface area contributed by atoms with Gasteiger partial charge in [0.1, 0.15) is 0 Å². The van der Waals surface area contributed by atoms with Crippen molar-refractivity contribution >= 4 is 0 Å². The molecule has 0 radical (unpaired) electrons. The van der Waals surface area contributed by atoms with E-state index in [4.69, 9.17) is 0 Å². The average Bonchev–Trinajstić information content (AvgIpc) is 2.35. The van der Waals surface area contributed by atoms with E-state index in [9.17, 15) is 0 Å². The minimum absolute atomic E-state index is 0.295. The molecule has 108 valence electrons. The van der Waals surface area contributed by atoms with Crippen molar-refractivity contribution in [2.24, 2.45) is 0 Å². The molecule has 0 aromatic heterocycles. The molecule has 0 N–H and O–H groups in total. The van der Waals surface area contributed by atoms with Gasteiger partial charge in [-0.25, -0.2) is 0 Å². The summed E-state index contributed by atoms with van der Waals surface area (Å²) in [5.74, 6) is 0. The maximum Gasteiger partial charge on any atom is 0.0158 e. The van der Waals surface area contributed by atoms with Crippen LogP contribution in [0.2, 0.25) is 0 Å². The van der Waals surface area contributed by atoms with Gasteiger partial charge in [-0.3, -0.25) is 0 Å². The van der Waals surface area contributed by atoms with Crippen molar-refractivity contribution in [1.82, 2.24) is 0 Å². The van der Waals surface area contributed by atoms with Crippen LogP contribution in [0.25, 0.3) is 0 Å². The van der Waals surface area contributed by atoms with Gasteiger partial charge in [0, 0.05) is 10.8 Å². The molecule has 0 aliphatic heterocycles. The van der Waals surface area contributed by atoms with E-state index in [-0.39, 0.29) is 0 Å². The molecule has 0 heterocycles. The van der Waals surface area contributed by atoms with Crippen molar-refractivity contribution in [3.8, 4) is 0 Å². The maximum absolute atomic E-state index is 2.49. The Hall–Kier alpha value is -1.56. The summed E-state index contributed by atoms with van der Waals surface area (Å²) in [6.45, 7) is 13.9. The first-order valence-electron chi connectivity index (χ1n) is 8.02. The van der Waals surface area contributed by atoms with Gasteiger partial charge in [0.05, 0.1) is 0 Å². The molecule has 0 heteroatoms. The van der Waals surface area contributed by atoms with Crippen LogP contribution in [0, 0.1) is 13.8 Å². The number of aryl methyl sites for hydroxylation is 2. The Kier molecular flexibility index (Phi) is 2.25. The minimum Gasteiger partial charge on any atom is -0.0564 e. The van der Waals surface area contributed by atoms with Gasteiger partial charge >= 0.3 is 0 Å². The topological polar surface area (TPSA) is 0 Å². The van der Waals surface area contributed by atoms with E-state index in [0.717, 1.165) is 6.42 Å². The van der Waals surface area contributed by atoms with Gasteiger partial charge in [-0.15, -0.1) is 0 Å². The molecular formula is C21H24. The van der Waals surface area contributed by atoms with Crippen molar-refractivity contribution in [3.05, 3.63) is 68.8 Å². The molecule has 2 aromatic carbocycles. The Bertz CT molecular complexity index is 757. The van der Waals surface area contributed by atoms with Gasteiger partial charge in [-0.1, -0.05) is 63.1 Å². The molecule has 0 saturated carbocycles. The molecule has 0 spiro atoms. The highest BCUT2D eigenvalue weighted by molar-refractivity contribution is 5.78. The molecule has 0 atom stereocenters. The Morgan fingerprint density at radius 2 is 1.33 bits per heavy atom. The lowest BCUT2D eigenvalue weighted by molar-refractivity contribution is 0.421. The van der Waals surface area contributed by atoms with E-state index in [2.05, 4.69) is 65.8 Å². The molecule has 0 amide bonds. The molecule has 6 rings (SSSR count). The maximum atomic E-state index is 2.49. The lowest BCUT2D eigenvalue weighted by Crippen LogP contribution is -2.51. The van der Waals surface area contributed by atoms with Gasteiger partial charge in [-0.2, -0.15) is 0 Å². The molecular weight excluding hydrogens is 252 g/mol. The predicted octanol–water partition coefficient (Wildman–Crippen LogP) is 5.17. The zero-order valence-corrected chi connectivity index (χ0v) is 14.0. The van der Waals surface area contributed by atoms with Gasteiger partial charge in [0.2, 0.25) is 0 Å². The fraction of sp³-hybridized carbons (Fsp3) is 0.429. The Labute approximate surface area is 128 Å². The lowest BCUT2D eigenvalue weighted by Gasteiger charge is -2.59. The Morgan fingerprint density at radius 1 is 0.714 bits per heavy atom. The predicted molar refractivity (Wildman–Crippen MR) is 89.4 cm³/mol. The smallest absolute Gasteiger partial charge is 0.0158 e. The van der Waals surface area contributed by atoms with Crippen LogP contribution in [0.4, 0.5) is 0 Å². The lowest BCUT2D eigenvalue weighted by atomic mass is 9.44.